The molecule has 16 heavy (non-hydrogen) atoms. The molecule has 4 atom stereocenters. The summed E-state index contributed by atoms with van der Waals surface area (Å²) in [5.41, 5.74) is 0. The first kappa shape index (κ1) is 11.4. The number of hydrogen-bond acceptors (Lipinski definition) is 3. The second-order valence-corrected chi connectivity index (χ2v) is 4.90. The van der Waals surface area contributed by atoms with Crippen molar-refractivity contribution >= 4 is 11.9 Å². The highest BCUT2D eigenvalue weighted by Gasteiger charge is 2.39. The standard InChI is InChI=1S/C11H17NO4/c13-10(14)6-1-2-7-5-12-9(11(15)16)4-8(7)3-6/h6-9,12H,1-5H2,(H,13,14)(H,15,16)/t6-,7-,8+,9-/m0/s1. The lowest BCUT2D eigenvalue weighted by Crippen LogP contribution is -2.50. The SMILES string of the molecule is O=C(O)[C@H]1CC[C@H]2CN[C@H](C(=O)O)C[C@H]2C1. The molecular weight excluding hydrogens is 210 g/mol. The minimum absolute atomic E-state index is 0.261. The van der Waals surface area contributed by atoms with Gasteiger partial charge in [-0.25, -0.2) is 0 Å². The third-order valence-electron chi connectivity index (χ3n) is 3.95. The molecular formula is C11H17NO4. The minimum Gasteiger partial charge on any atom is -0.481 e. The number of carbonyl (C=O) groups is 2. The zero-order chi connectivity index (χ0) is 11.7. The van der Waals surface area contributed by atoms with E-state index < -0.39 is 18.0 Å². The van der Waals surface area contributed by atoms with E-state index in [0.29, 0.717) is 25.3 Å². The lowest BCUT2D eigenvalue weighted by molar-refractivity contribution is -0.144. The van der Waals surface area contributed by atoms with Gasteiger partial charge in [0.1, 0.15) is 6.04 Å². The number of aliphatic carboxylic acids is 2. The number of nitrogens with one attached hydrogen (secondary N) is 1. The zero-order valence-electron chi connectivity index (χ0n) is 9.06. The van der Waals surface area contributed by atoms with Crippen molar-refractivity contribution in [2.45, 2.75) is 31.7 Å². The van der Waals surface area contributed by atoms with Crippen molar-refractivity contribution in [1.29, 1.82) is 0 Å². The third kappa shape index (κ3) is 2.19. The first-order valence-corrected chi connectivity index (χ1v) is 5.77. The highest BCUT2D eigenvalue weighted by atomic mass is 16.4. The average Bonchev–Trinajstić information content (AvgIpc) is 2.27. The van der Waals surface area contributed by atoms with E-state index in [-0.39, 0.29) is 11.8 Å². The van der Waals surface area contributed by atoms with Crippen molar-refractivity contribution < 1.29 is 19.8 Å². The van der Waals surface area contributed by atoms with Gasteiger partial charge >= 0.3 is 11.9 Å². The quantitative estimate of drug-likeness (QED) is 0.641. The van der Waals surface area contributed by atoms with Crippen LogP contribution >= 0.6 is 0 Å². The summed E-state index contributed by atoms with van der Waals surface area (Å²) >= 11 is 0. The van der Waals surface area contributed by atoms with Crippen LogP contribution in [0.5, 0.6) is 0 Å². The maximum Gasteiger partial charge on any atom is 0.320 e. The normalized spacial score (nSPS) is 38.8. The number of rotatable bonds is 2. The summed E-state index contributed by atoms with van der Waals surface area (Å²) in [5.74, 6) is -1.10. The molecule has 2 fully saturated rings. The van der Waals surface area contributed by atoms with E-state index in [1.165, 1.54) is 0 Å². The molecule has 1 saturated carbocycles. The van der Waals surface area contributed by atoms with Crippen molar-refractivity contribution in [2.24, 2.45) is 17.8 Å². The molecule has 3 N–H and O–H groups in total. The summed E-state index contributed by atoms with van der Waals surface area (Å²) in [5, 5.41) is 20.9. The van der Waals surface area contributed by atoms with Crippen LogP contribution in [0, 0.1) is 17.8 Å². The number of fused-ring (bicyclic) bond motifs is 1. The number of hydrogen-bond donors (Lipinski definition) is 3. The highest BCUT2D eigenvalue weighted by molar-refractivity contribution is 5.73. The molecule has 0 bridgehead atoms. The maximum absolute atomic E-state index is 10.9. The molecule has 1 heterocycles. The highest BCUT2D eigenvalue weighted by Crippen LogP contribution is 2.38. The molecule has 1 aliphatic carbocycles. The summed E-state index contributed by atoms with van der Waals surface area (Å²) < 4.78 is 0. The first-order valence-electron chi connectivity index (χ1n) is 5.77. The molecule has 2 rings (SSSR count). The van der Waals surface area contributed by atoms with Crippen LogP contribution in [0.2, 0.25) is 0 Å². The lowest BCUT2D eigenvalue weighted by Gasteiger charge is -2.40. The van der Waals surface area contributed by atoms with Gasteiger partial charge in [-0.05, 0) is 44.1 Å². The Bertz CT molecular complexity index is 276. The molecule has 0 amide bonds. The minimum atomic E-state index is -0.823. The topological polar surface area (TPSA) is 86.6 Å². The molecule has 5 nitrogen and oxygen atoms in total. The number of carboxylic acid groups (broad SMARTS) is 2. The van der Waals surface area contributed by atoms with Gasteiger partial charge in [0.2, 0.25) is 0 Å². The van der Waals surface area contributed by atoms with Crippen LogP contribution in [-0.4, -0.2) is 34.7 Å². The maximum atomic E-state index is 10.9. The Morgan fingerprint density at radius 1 is 1.00 bits per heavy atom. The Morgan fingerprint density at radius 2 is 1.75 bits per heavy atom. The van der Waals surface area contributed by atoms with E-state index >= 15 is 0 Å². The van der Waals surface area contributed by atoms with Gasteiger partial charge in [-0.15, -0.1) is 0 Å². The molecule has 0 unspecified atom stereocenters. The Kier molecular flexibility index (Phi) is 3.14. The van der Waals surface area contributed by atoms with E-state index in [2.05, 4.69) is 5.32 Å². The Labute approximate surface area is 93.8 Å². The van der Waals surface area contributed by atoms with Crippen LogP contribution in [0.1, 0.15) is 25.7 Å². The fourth-order valence-electron chi connectivity index (χ4n) is 2.98. The lowest BCUT2D eigenvalue weighted by atomic mass is 9.70. The summed E-state index contributed by atoms with van der Waals surface area (Å²) in [6.07, 6.45) is 2.85. The van der Waals surface area contributed by atoms with Crippen LogP contribution in [-0.2, 0) is 9.59 Å². The van der Waals surface area contributed by atoms with E-state index in [0.717, 1.165) is 12.8 Å². The Hall–Kier alpha value is -1.10. The third-order valence-corrected chi connectivity index (χ3v) is 3.95. The number of piperidine rings is 1. The van der Waals surface area contributed by atoms with Gasteiger partial charge in [-0.2, -0.15) is 0 Å². The smallest absolute Gasteiger partial charge is 0.320 e. The van der Waals surface area contributed by atoms with Crippen LogP contribution in [0.4, 0.5) is 0 Å². The zero-order valence-corrected chi connectivity index (χ0v) is 9.06. The second-order valence-electron chi connectivity index (χ2n) is 4.90. The van der Waals surface area contributed by atoms with E-state index in [1.54, 1.807) is 0 Å². The second kappa shape index (κ2) is 4.41. The van der Waals surface area contributed by atoms with Crippen molar-refractivity contribution in [3.8, 4) is 0 Å². The molecule has 0 aromatic rings. The van der Waals surface area contributed by atoms with Crippen LogP contribution < -0.4 is 5.32 Å². The van der Waals surface area contributed by atoms with Gasteiger partial charge in [-0.3, -0.25) is 9.59 Å². The fraction of sp³-hybridized carbons (Fsp3) is 0.818. The predicted molar refractivity (Wildman–Crippen MR) is 56.0 cm³/mol. The van der Waals surface area contributed by atoms with Crippen LogP contribution in [0.15, 0.2) is 0 Å². The molecule has 1 aliphatic heterocycles. The summed E-state index contributed by atoms with van der Waals surface area (Å²) in [6.45, 7) is 0.716. The molecule has 0 spiro atoms. The van der Waals surface area contributed by atoms with Gasteiger partial charge in [0.05, 0.1) is 5.92 Å². The van der Waals surface area contributed by atoms with Gasteiger partial charge in [0, 0.05) is 0 Å². The summed E-state index contributed by atoms with van der Waals surface area (Å²) in [6, 6.07) is -0.492. The van der Waals surface area contributed by atoms with Crippen LogP contribution in [0.25, 0.3) is 0 Å². The summed E-state index contributed by atoms with van der Waals surface area (Å²) in [7, 11) is 0. The van der Waals surface area contributed by atoms with E-state index in [1.807, 2.05) is 0 Å². The Morgan fingerprint density at radius 3 is 2.38 bits per heavy atom. The van der Waals surface area contributed by atoms with E-state index in [4.69, 9.17) is 10.2 Å². The summed E-state index contributed by atoms with van der Waals surface area (Å²) in [4.78, 5) is 21.8. The monoisotopic (exact) mass is 227 g/mol. The van der Waals surface area contributed by atoms with Gasteiger partial charge in [-0.1, -0.05) is 0 Å². The molecule has 5 heteroatoms. The van der Waals surface area contributed by atoms with Crippen molar-refractivity contribution in [2.75, 3.05) is 6.54 Å². The van der Waals surface area contributed by atoms with Crippen molar-refractivity contribution in [3.05, 3.63) is 0 Å². The molecule has 0 aromatic carbocycles. The largest absolute Gasteiger partial charge is 0.481 e. The molecule has 1 saturated heterocycles. The van der Waals surface area contributed by atoms with E-state index in [9.17, 15) is 9.59 Å². The fourth-order valence-corrected chi connectivity index (χ4v) is 2.98. The molecule has 0 aromatic heterocycles. The Balaban J connectivity index is 1.98. The predicted octanol–water partition coefficient (Wildman–Crippen LogP) is 0.550. The first-order chi connectivity index (χ1) is 7.58. The molecule has 0 radical (unpaired) electrons. The van der Waals surface area contributed by atoms with Crippen molar-refractivity contribution in [3.63, 3.8) is 0 Å². The van der Waals surface area contributed by atoms with Gasteiger partial charge in [0.15, 0.2) is 0 Å². The van der Waals surface area contributed by atoms with Crippen molar-refractivity contribution in [1.82, 2.24) is 5.32 Å². The van der Waals surface area contributed by atoms with Gasteiger partial charge < -0.3 is 15.5 Å². The average molecular weight is 227 g/mol. The molecule has 90 valence electrons. The van der Waals surface area contributed by atoms with Gasteiger partial charge in [0.25, 0.3) is 0 Å². The number of carboxylic acids is 2. The molecule has 2 aliphatic rings. The van der Waals surface area contributed by atoms with Crippen LogP contribution in [0.3, 0.4) is 0 Å².